The fraction of sp³-hybridized carbons (Fsp3) is 0.0800. The number of anilines is 3. The summed E-state index contributed by atoms with van der Waals surface area (Å²) in [5.74, 6) is -0.457. The Kier molecular flexibility index (Phi) is 7.15. The Labute approximate surface area is 209 Å². The van der Waals surface area contributed by atoms with E-state index in [9.17, 15) is 18.4 Å². The van der Waals surface area contributed by atoms with Crippen LogP contribution in [0, 0.1) is 11.3 Å². The monoisotopic (exact) mass is 508 g/mol. The number of nitrogens with two attached hydrogens (primary N) is 2. The van der Waals surface area contributed by atoms with Crippen LogP contribution < -0.4 is 31.0 Å². The molecule has 0 aliphatic rings. The first-order chi connectivity index (χ1) is 17.7. The second-order valence-electron chi connectivity index (χ2n) is 7.50. The molecule has 37 heavy (non-hydrogen) atoms. The number of alkyl halides is 3. The summed E-state index contributed by atoms with van der Waals surface area (Å²) in [6.07, 6.45) is -4.88. The van der Waals surface area contributed by atoms with Crippen molar-refractivity contribution in [1.82, 2.24) is 9.97 Å². The van der Waals surface area contributed by atoms with E-state index in [4.69, 9.17) is 20.9 Å². The predicted molar refractivity (Wildman–Crippen MR) is 129 cm³/mol. The standard InChI is InChI=1S/C25H19F3N6O3/c26-25(27,28)37-18-8-4-7-17(12-18)35-23-21(31)22(32-14-15-5-2-1-3-6-15)33-24(34-23)36-20-11-16(13-29)9-10-19(20)30/h1-12H,14,30-31H2,(H,32,33,34). The smallest absolute Gasteiger partial charge is 0.437 e. The van der Waals surface area contributed by atoms with Gasteiger partial charge < -0.3 is 31.0 Å². The largest absolute Gasteiger partial charge is 0.573 e. The van der Waals surface area contributed by atoms with Gasteiger partial charge in [-0.05, 0) is 29.8 Å². The molecule has 0 saturated heterocycles. The Morgan fingerprint density at radius 1 is 0.892 bits per heavy atom. The summed E-state index contributed by atoms with van der Waals surface area (Å²) in [5, 5.41) is 12.2. The fourth-order valence-corrected chi connectivity index (χ4v) is 3.11. The van der Waals surface area contributed by atoms with E-state index >= 15 is 0 Å². The van der Waals surface area contributed by atoms with Crippen LogP contribution in [0.5, 0.6) is 29.1 Å². The molecule has 0 unspecified atom stereocenters. The van der Waals surface area contributed by atoms with E-state index in [0.717, 1.165) is 17.7 Å². The quantitative estimate of drug-likeness (QED) is 0.259. The van der Waals surface area contributed by atoms with Crippen LogP contribution in [-0.2, 0) is 6.54 Å². The lowest BCUT2D eigenvalue weighted by molar-refractivity contribution is -0.274. The zero-order chi connectivity index (χ0) is 26.4. The minimum atomic E-state index is -4.88. The molecule has 0 saturated carbocycles. The molecule has 0 atom stereocenters. The van der Waals surface area contributed by atoms with Crippen molar-refractivity contribution >= 4 is 17.2 Å². The summed E-state index contributed by atoms with van der Waals surface area (Å²) >= 11 is 0. The average Bonchev–Trinajstić information content (AvgIpc) is 2.86. The van der Waals surface area contributed by atoms with Gasteiger partial charge in [-0.2, -0.15) is 15.2 Å². The third-order valence-electron chi connectivity index (χ3n) is 4.79. The molecule has 0 radical (unpaired) electrons. The number of nitrogens with zero attached hydrogens (tertiary/aromatic N) is 3. The summed E-state index contributed by atoms with van der Waals surface area (Å²) in [7, 11) is 0. The Bertz CT molecular complexity index is 1440. The van der Waals surface area contributed by atoms with E-state index in [1.165, 1.54) is 30.3 Å². The molecule has 0 bridgehead atoms. The van der Waals surface area contributed by atoms with Crippen molar-refractivity contribution in [2.24, 2.45) is 0 Å². The van der Waals surface area contributed by atoms with Crippen molar-refractivity contribution in [3.05, 3.63) is 83.9 Å². The summed E-state index contributed by atoms with van der Waals surface area (Å²) in [5.41, 5.74) is 13.6. The second kappa shape index (κ2) is 10.6. The first kappa shape index (κ1) is 24.9. The minimum Gasteiger partial charge on any atom is -0.437 e. The number of nitrogens with one attached hydrogen (secondary N) is 1. The Balaban J connectivity index is 1.68. The van der Waals surface area contributed by atoms with E-state index in [1.54, 1.807) is 0 Å². The van der Waals surface area contributed by atoms with Crippen LogP contribution in [0.2, 0.25) is 0 Å². The molecule has 1 aromatic heterocycles. The van der Waals surface area contributed by atoms with Gasteiger partial charge >= 0.3 is 12.4 Å². The van der Waals surface area contributed by atoms with Crippen molar-refractivity contribution in [1.29, 1.82) is 5.26 Å². The highest BCUT2D eigenvalue weighted by Crippen LogP contribution is 2.36. The first-order valence-electron chi connectivity index (χ1n) is 10.7. The molecule has 1 heterocycles. The van der Waals surface area contributed by atoms with Crippen molar-refractivity contribution in [2.75, 3.05) is 16.8 Å². The molecule has 0 aliphatic heterocycles. The minimum absolute atomic E-state index is 0.0239. The molecule has 3 aromatic carbocycles. The summed E-state index contributed by atoms with van der Waals surface area (Å²) in [6, 6.07) is 20.4. The van der Waals surface area contributed by atoms with E-state index in [0.29, 0.717) is 12.1 Å². The van der Waals surface area contributed by atoms with Gasteiger partial charge in [-0.15, -0.1) is 13.2 Å². The van der Waals surface area contributed by atoms with Crippen LogP contribution in [0.15, 0.2) is 72.8 Å². The Hall–Kier alpha value is -5.18. The lowest BCUT2D eigenvalue weighted by atomic mass is 10.2. The van der Waals surface area contributed by atoms with Gasteiger partial charge in [0, 0.05) is 18.7 Å². The fourth-order valence-electron chi connectivity index (χ4n) is 3.11. The molecule has 0 spiro atoms. The van der Waals surface area contributed by atoms with Gasteiger partial charge in [0.1, 0.15) is 17.2 Å². The summed E-state index contributed by atoms with van der Waals surface area (Å²) < 4.78 is 53.2. The van der Waals surface area contributed by atoms with Crippen molar-refractivity contribution in [3.8, 4) is 35.2 Å². The van der Waals surface area contributed by atoms with E-state index < -0.39 is 12.1 Å². The normalized spacial score (nSPS) is 10.9. The molecule has 5 N–H and O–H groups in total. The molecule has 0 aliphatic carbocycles. The van der Waals surface area contributed by atoms with Gasteiger partial charge in [-0.3, -0.25) is 0 Å². The van der Waals surface area contributed by atoms with Crippen molar-refractivity contribution in [2.45, 2.75) is 12.9 Å². The average molecular weight is 508 g/mol. The molecule has 4 rings (SSSR count). The number of benzene rings is 3. The molecule has 9 nitrogen and oxygen atoms in total. The summed E-state index contributed by atoms with van der Waals surface area (Å²) in [4.78, 5) is 8.44. The molecule has 0 amide bonds. The number of nitrogen functional groups attached to an aromatic ring is 2. The number of aromatic nitrogens is 2. The highest BCUT2D eigenvalue weighted by molar-refractivity contribution is 5.68. The number of hydrogen-bond acceptors (Lipinski definition) is 9. The number of nitriles is 1. The molecular weight excluding hydrogens is 489 g/mol. The number of rotatable bonds is 8. The predicted octanol–water partition coefficient (Wildman–Crippen LogP) is 5.61. The maximum Gasteiger partial charge on any atom is 0.573 e. The van der Waals surface area contributed by atoms with Crippen LogP contribution in [0.25, 0.3) is 0 Å². The van der Waals surface area contributed by atoms with Crippen LogP contribution in [0.3, 0.4) is 0 Å². The lowest BCUT2D eigenvalue weighted by Crippen LogP contribution is -2.17. The van der Waals surface area contributed by atoms with Gasteiger partial charge in [-0.25, -0.2) is 0 Å². The lowest BCUT2D eigenvalue weighted by Gasteiger charge is -2.15. The first-order valence-corrected chi connectivity index (χ1v) is 10.7. The van der Waals surface area contributed by atoms with Gasteiger partial charge in [0.25, 0.3) is 5.88 Å². The number of halogens is 3. The van der Waals surface area contributed by atoms with E-state index in [1.807, 2.05) is 36.4 Å². The zero-order valence-electron chi connectivity index (χ0n) is 19.0. The van der Waals surface area contributed by atoms with E-state index in [2.05, 4.69) is 20.0 Å². The number of hydrogen-bond donors (Lipinski definition) is 3. The van der Waals surface area contributed by atoms with Crippen molar-refractivity contribution < 1.29 is 27.4 Å². The highest BCUT2D eigenvalue weighted by atomic mass is 19.4. The van der Waals surface area contributed by atoms with Crippen molar-refractivity contribution in [3.63, 3.8) is 0 Å². The van der Waals surface area contributed by atoms with Gasteiger partial charge in [0.15, 0.2) is 11.6 Å². The van der Waals surface area contributed by atoms with Crippen LogP contribution in [0.1, 0.15) is 11.1 Å². The van der Waals surface area contributed by atoms with Gasteiger partial charge in [-0.1, -0.05) is 36.4 Å². The zero-order valence-corrected chi connectivity index (χ0v) is 19.0. The Morgan fingerprint density at radius 2 is 1.65 bits per heavy atom. The molecule has 12 heteroatoms. The van der Waals surface area contributed by atoms with Crippen LogP contribution >= 0.6 is 0 Å². The maximum absolute atomic E-state index is 12.6. The van der Waals surface area contributed by atoms with Gasteiger partial charge in [0.05, 0.1) is 17.3 Å². The molecule has 4 aromatic rings. The summed E-state index contributed by atoms with van der Waals surface area (Å²) in [6.45, 7) is 0.335. The van der Waals surface area contributed by atoms with E-state index in [-0.39, 0.29) is 40.6 Å². The highest BCUT2D eigenvalue weighted by Gasteiger charge is 2.31. The Morgan fingerprint density at radius 3 is 2.38 bits per heavy atom. The molecular formula is C25H19F3N6O3. The van der Waals surface area contributed by atoms with Gasteiger partial charge in [0.2, 0.25) is 0 Å². The second-order valence-corrected chi connectivity index (χ2v) is 7.50. The van der Waals surface area contributed by atoms with Crippen LogP contribution in [0.4, 0.5) is 30.4 Å². The molecule has 0 fully saturated rings. The molecule has 188 valence electrons. The maximum atomic E-state index is 12.6. The van der Waals surface area contributed by atoms with Crippen LogP contribution in [-0.4, -0.2) is 16.3 Å². The third kappa shape index (κ3) is 6.70. The topological polar surface area (TPSA) is 141 Å². The third-order valence-corrected chi connectivity index (χ3v) is 4.79. The SMILES string of the molecule is N#Cc1ccc(N)c(Oc2nc(NCc3ccccc3)c(N)c(Oc3cccc(OC(F)(F)F)c3)n2)c1. The number of ether oxygens (including phenoxy) is 3.